The predicted molar refractivity (Wildman–Crippen MR) is 119 cm³/mol. The van der Waals surface area contributed by atoms with E-state index in [0.29, 0.717) is 24.7 Å². The van der Waals surface area contributed by atoms with E-state index in [0.717, 1.165) is 5.56 Å². The molecule has 2 rings (SSSR count). The number of nitrogens with one attached hydrogen (secondary N) is 2. The van der Waals surface area contributed by atoms with Gasteiger partial charge in [-0.25, -0.2) is 4.39 Å². The third-order valence-corrected chi connectivity index (χ3v) is 3.98. The number of nitrogens with zero attached hydrogens (tertiary/aromatic N) is 1. The van der Waals surface area contributed by atoms with Crippen LogP contribution in [0.2, 0.25) is 0 Å². The largest absolute Gasteiger partial charge is 0.490 e. The van der Waals surface area contributed by atoms with Gasteiger partial charge in [0.05, 0.1) is 13.2 Å². The summed E-state index contributed by atoms with van der Waals surface area (Å²) in [6.07, 6.45) is 0. The smallest absolute Gasteiger partial charge is 0.387 e. The summed E-state index contributed by atoms with van der Waals surface area (Å²) in [7, 11) is 1.56. The molecule has 0 atom stereocenters. The monoisotopic (exact) mass is 539 g/mol. The predicted octanol–water partition coefficient (Wildman–Crippen LogP) is 3.80. The molecule has 0 aliphatic carbocycles. The molecule has 6 nitrogen and oxygen atoms in total. The highest BCUT2D eigenvalue weighted by molar-refractivity contribution is 14.0. The van der Waals surface area contributed by atoms with Crippen LogP contribution in [0.1, 0.15) is 23.6 Å². The lowest BCUT2D eigenvalue weighted by molar-refractivity contribution is -0.0520. The first-order chi connectivity index (χ1) is 14.0. The van der Waals surface area contributed by atoms with Crippen molar-refractivity contribution in [3.63, 3.8) is 0 Å². The highest BCUT2D eigenvalue weighted by Crippen LogP contribution is 2.32. The van der Waals surface area contributed by atoms with Gasteiger partial charge in [-0.3, -0.25) is 4.99 Å². The molecule has 2 aromatic carbocycles. The quantitative estimate of drug-likeness (QED) is 0.257. The van der Waals surface area contributed by atoms with Crippen LogP contribution in [0.5, 0.6) is 11.5 Å². The number of rotatable bonds is 9. The van der Waals surface area contributed by atoms with E-state index in [2.05, 4.69) is 20.4 Å². The molecular weight excluding hydrogens is 514 g/mol. The average Bonchev–Trinajstić information content (AvgIpc) is 2.71. The van der Waals surface area contributed by atoms with Gasteiger partial charge >= 0.3 is 6.61 Å². The van der Waals surface area contributed by atoms with Gasteiger partial charge < -0.3 is 25.2 Å². The molecule has 0 radical (unpaired) electrons. The van der Waals surface area contributed by atoms with E-state index in [1.54, 1.807) is 44.3 Å². The molecule has 3 N–H and O–H groups in total. The third kappa shape index (κ3) is 7.56. The van der Waals surface area contributed by atoms with Crippen molar-refractivity contribution in [3.8, 4) is 11.5 Å². The number of hydrogen-bond acceptors (Lipinski definition) is 4. The second-order valence-electron chi connectivity index (χ2n) is 5.92. The van der Waals surface area contributed by atoms with E-state index in [4.69, 9.17) is 9.84 Å². The maximum absolute atomic E-state index is 13.5. The number of ether oxygens (including phenoxy) is 2. The minimum absolute atomic E-state index is 0. The Morgan fingerprint density at radius 2 is 1.87 bits per heavy atom. The van der Waals surface area contributed by atoms with E-state index in [1.807, 2.05) is 0 Å². The van der Waals surface area contributed by atoms with Crippen molar-refractivity contribution < 1.29 is 27.8 Å². The van der Waals surface area contributed by atoms with Crippen molar-refractivity contribution in [1.29, 1.82) is 0 Å². The van der Waals surface area contributed by atoms with Gasteiger partial charge in [0, 0.05) is 31.3 Å². The lowest BCUT2D eigenvalue weighted by Crippen LogP contribution is -2.36. The van der Waals surface area contributed by atoms with E-state index in [9.17, 15) is 13.2 Å². The van der Waals surface area contributed by atoms with Crippen molar-refractivity contribution >= 4 is 29.9 Å². The van der Waals surface area contributed by atoms with Crippen LogP contribution in [0.4, 0.5) is 13.2 Å². The molecule has 0 amide bonds. The summed E-state index contributed by atoms with van der Waals surface area (Å²) in [5.74, 6) is 0.139. The van der Waals surface area contributed by atoms with Gasteiger partial charge in [0.15, 0.2) is 17.5 Å². The van der Waals surface area contributed by atoms with Gasteiger partial charge in [0.2, 0.25) is 0 Å². The second kappa shape index (κ2) is 13.2. The lowest BCUT2D eigenvalue weighted by atomic mass is 10.1. The minimum Gasteiger partial charge on any atom is -0.490 e. The summed E-state index contributed by atoms with van der Waals surface area (Å²) in [4.78, 5) is 4.08. The molecule has 0 saturated carbocycles. The molecule has 0 spiro atoms. The zero-order valence-corrected chi connectivity index (χ0v) is 19.0. The van der Waals surface area contributed by atoms with Crippen LogP contribution in [0.3, 0.4) is 0 Å². The fourth-order valence-electron chi connectivity index (χ4n) is 2.64. The summed E-state index contributed by atoms with van der Waals surface area (Å²) in [6.45, 7) is -0.823. The zero-order chi connectivity index (χ0) is 21.2. The van der Waals surface area contributed by atoms with Crippen molar-refractivity contribution in [3.05, 3.63) is 58.9 Å². The standard InChI is InChI=1S/C20H24F3N3O3.HI/c1-3-28-17-6-4-5-14(18(17)29-19(22)23)11-26-20(24-2)25-10-13-7-8-16(21)15(9-13)12-27;/h4-9,19,27H,3,10-12H2,1-2H3,(H2,24,25,26);1H. The van der Waals surface area contributed by atoms with Crippen molar-refractivity contribution in [2.75, 3.05) is 13.7 Å². The Morgan fingerprint density at radius 1 is 1.13 bits per heavy atom. The number of halogens is 4. The average molecular weight is 539 g/mol. The topological polar surface area (TPSA) is 75.1 Å². The number of para-hydroxylation sites is 1. The summed E-state index contributed by atoms with van der Waals surface area (Å²) in [6, 6.07) is 9.32. The molecule has 10 heteroatoms. The molecule has 30 heavy (non-hydrogen) atoms. The maximum atomic E-state index is 13.5. The molecule has 0 fully saturated rings. The van der Waals surface area contributed by atoms with Crippen LogP contribution >= 0.6 is 24.0 Å². The first-order valence-corrected chi connectivity index (χ1v) is 9.00. The number of hydrogen-bond donors (Lipinski definition) is 3. The molecule has 0 aliphatic heterocycles. The summed E-state index contributed by atoms with van der Waals surface area (Å²) in [5, 5.41) is 15.2. The van der Waals surface area contributed by atoms with Crippen LogP contribution < -0.4 is 20.1 Å². The van der Waals surface area contributed by atoms with Gasteiger partial charge in [-0.15, -0.1) is 24.0 Å². The maximum Gasteiger partial charge on any atom is 0.387 e. The number of aliphatic hydroxyl groups is 1. The first kappa shape index (κ1) is 25.8. The summed E-state index contributed by atoms with van der Waals surface area (Å²) in [5.41, 5.74) is 1.43. The normalized spacial score (nSPS) is 11.1. The van der Waals surface area contributed by atoms with Crippen molar-refractivity contribution in [1.82, 2.24) is 10.6 Å². The molecule has 0 saturated heterocycles. The van der Waals surface area contributed by atoms with Gasteiger partial charge in [-0.05, 0) is 30.7 Å². The molecule has 2 aromatic rings. The first-order valence-electron chi connectivity index (χ1n) is 9.00. The summed E-state index contributed by atoms with van der Waals surface area (Å²) < 4.78 is 49.1. The van der Waals surface area contributed by atoms with E-state index >= 15 is 0 Å². The van der Waals surface area contributed by atoms with E-state index in [-0.39, 0.29) is 47.6 Å². The highest BCUT2D eigenvalue weighted by atomic mass is 127. The van der Waals surface area contributed by atoms with Gasteiger partial charge in [-0.1, -0.05) is 18.2 Å². The highest BCUT2D eigenvalue weighted by Gasteiger charge is 2.16. The lowest BCUT2D eigenvalue weighted by Gasteiger charge is -2.17. The Bertz CT molecular complexity index is 838. The van der Waals surface area contributed by atoms with Gasteiger partial charge in [-0.2, -0.15) is 8.78 Å². The second-order valence-corrected chi connectivity index (χ2v) is 5.92. The van der Waals surface area contributed by atoms with Crippen LogP contribution in [0.25, 0.3) is 0 Å². The molecule has 0 aliphatic rings. The van der Waals surface area contributed by atoms with E-state index < -0.39 is 19.0 Å². The molecule has 0 heterocycles. The fraction of sp³-hybridized carbons (Fsp3) is 0.350. The van der Waals surface area contributed by atoms with Crippen LogP contribution in [0.15, 0.2) is 41.4 Å². The molecule has 0 aromatic heterocycles. The number of guanidine groups is 1. The number of aliphatic hydroxyl groups excluding tert-OH is 1. The molecular formula is C20H25F3IN3O3. The van der Waals surface area contributed by atoms with Crippen LogP contribution in [0, 0.1) is 5.82 Å². The summed E-state index contributed by atoms with van der Waals surface area (Å²) >= 11 is 0. The Hall–Kier alpha value is -2.21. The number of benzene rings is 2. The van der Waals surface area contributed by atoms with Gasteiger partial charge in [0.25, 0.3) is 0 Å². The van der Waals surface area contributed by atoms with Crippen LogP contribution in [-0.2, 0) is 19.7 Å². The molecule has 0 unspecified atom stereocenters. The van der Waals surface area contributed by atoms with Crippen molar-refractivity contribution in [2.45, 2.75) is 33.2 Å². The van der Waals surface area contributed by atoms with E-state index in [1.165, 1.54) is 6.07 Å². The Kier molecular flexibility index (Phi) is 11.3. The number of alkyl halides is 2. The molecule has 166 valence electrons. The Labute approximate surface area is 190 Å². The Morgan fingerprint density at radius 3 is 2.50 bits per heavy atom. The van der Waals surface area contributed by atoms with Gasteiger partial charge in [0.1, 0.15) is 5.82 Å². The number of aliphatic imine (C=N–C) groups is 1. The minimum atomic E-state index is -2.98. The van der Waals surface area contributed by atoms with Crippen molar-refractivity contribution in [2.24, 2.45) is 4.99 Å². The fourth-order valence-corrected chi connectivity index (χ4v) is 2.64. The SMILES string of the molecule is CCOc1cccc(CNC(=NC)NCc2ccc(F)c(CO)c2)c1OC(F)F.I. The molecule has 0 bridgehead atoms. The Balaban J connectivity index is 0.00000450. The zero-order valence-electron chi connectivity index (χ0n) is 16.6. The van der Waals surface area contributed by atoms with Crippen LogP contribution in [-0.4, -0.2) is 31.3 Å². The third-order valence-electron chi connectivity index (χ3n) is 3.98.